The summed E-state index contributed by atoms with van der Waals surface area (Å²) in [5.41, 5.74) is 1.59. The molecule has 3 rings (SSSR count). The molecule has 1 aliphatic rings. The molecule has 0 aromatic carbocycles. The van der Waals surface area contributed by atoms with Crippen LogP contribution in [0.4, 0.5) is 5.13 Å². The standard InChI is InChI=1S/C14H18N4O3S/c1-2-10-3-4-12(21-10)11-8-20-6-5-18(11)7-13(19)16-14-17-15-9-22-14/h3-4,9,11H,2,5-8H2,1H3,(H,16,17,19)/t11-/m1/s1. The number of nitrogens with zero attached hydrogens (tertiary/aromatic N) is 3. The van der Waals surface area contributed by atoms with Crippen molar-refractivity contribution in [2.75, 3.05) is 31.6 Å². The number of aromatic nitrogens is 2. The third kappa shape index (κ3) is 3.52. The summed E-state index contributed by atoms with van der Waals surface area (Å²) < 4.78 is 11.4. The summed E-state index contributed by atoms with van der Waals surface area (Å²) in [6.45, 7) is 4.16. The number of hydrogen-bond donors (Lipinski definition) is 1. The highest BCUT2D eigenvalue weighted by Gasteiger charge is 2.28. The maximum atomic E-state index is 12.1. The van der Waals surface area contributed by atoms with E-state index in [1.54, 1.807) is 5.51 Å². The average molecular weight is 322 g/mol. The molecule has 1 atom stereocenters. The van der Waals surface area contributed by atoms with E-state index < -0.39 is 0 Å². The van der Waals surface area contributed by atoms with Crippen molar-refractivity contribution < 1.29 is 13.9 Å². The van der Waals surface area contributed by atoms with Crippen LogP contribution in [0.3, 0.4) is 0 Å². The summed E-state index contributed by atoms with van der Waals surface area (Å²) in [6.07, 6.45) is 0.852. The van der Waals surface area contributed by atoms with Crippen LogP contribution in [0.1, 0.15) is 24.5 Å². The first kappa shape index (κ1) is 15.1. The maximum Gasteiger partial charge on any atom is 0.240 e. The summed E-state index contributed by atoms with van der Waals surface area (Å²) >= 11 is 1.30. The molecule has 8 heteroatoms. The fourth-order valence-corrected chi connectivity index (χ4v) is 2.88. The van der Waals surface area contributed by atoms with Crippen LogP contribution in [0.25, 0.3) is 0 Å². The molecule has 0 radical (unpaired) electrons. The third-order valence-electron chi connectivity index (χ3n) is 3.55. The second-order valence-corrected chi connectivity index (χ2v) is 5.84. The van der Waals surface area contributed by atoms with Crippen molar-refractivity contribution in [2.24, 2.45) is 0 Å². The molecule has 2 aromatic rings. The lowest BCUT2D eigenvalue weighted by molar-refractivity contribution is -0.120. The summed E-state index contributed by atoms with van der Waals surface area (Å²) in [5.74, 6) is 1.69. The third-order valence-corrected chi connectivity index (χ3v) is 4.16. The van der Waals surface area contributed by atoms with Crippen molar-refractivity contribution in [3.05, 3.63) is 29.2 Å². The molecular weight excluding hydrogens is 304 g/mol. The Morgan fingerprint density at radius 2 is 2.45 bits per heavy atom. The van der Waals surface area contributed by atoms with Gasteiger partial charge in [0.15, 0.2) is 0 Å². The molecule has 22 heavy (non-hydrogen) atoms. The minimum Gasteiger partial charge on any atom is -0.464 e. The van der Waals surface area contributed by atoms with E-state index in [2.05, 4.69) is 20.4 Å². The number of anilines is 1. The minimum absolute atomic E-state index is 0.0331. The number of amides is 1. The van der Waals surface area contributed by atoms with Gasteiger partial charge in [-0.25, -0.2) is 0 Å². The number of furan rings is 1. The number of rotatable bonds is 5. The first-order chi connectivity index (χ1) is 10.8. The van der Waals surface area contributed by atoms with Gasteiger partial charge in [0, 0.05) is 13.0 Å². The Labute approximate surface area is 132 Å². The van der Waals surface area contributed by atoms with Gasteiger partial charge in [0.25, 0.3) is 0 Å². The number of ether oxygens (including phenoxy) is 1. The number of morpholine rings is 1. The lowest BCUT2D eigenvalue weighted by Crippen LogP contribution is -2.43. The predicted molar refractivity (Wildman–Crippen MR) is 81.8 cm³/mol. The molecule has 1 N–H and O–H groups in total. The molecule has 1 aliphatic heterocycles. The van der Waals surface area contributed by atoms with Crippen LogP contribution in [0.15, 0.2) is 22.1 Å². The highest BCUT2D eigenvalue weighted by Crippen LogP contribution is 2.26. The van der Waals surface area contributed by atoms with Gasteiger partial charge in [-0.1, -0.05) is 18.3 Å². The highest BCUT2D eigenvalue weighted by atomic mass is 32.1. The lowest BCUT2D eigenvalue weighted by atomic mass is 10.1. The number of carbonyl (C=O) groups excluding carboxylic acids is 1. The zero-order valence-corrected chi connectivity index (χ0v) is 13.1. The topological polar surface area (TPSA) is 80.5 Å². The quantitative estimate of drug-likeness (QED) is 0.902. The summed E-state index contributed by atoms with van der Waals surface area (Å²) in [4.78, 5) is 14.2. The van der Waals surface area contributed by atoms with E-state index in [1.807, 2.05) is 19.1 Å². The van der Waals surface area contributed by atoms with Crippen LogP contribution in [-0.2, 0) is 16.0 Å². The molecule has 0 bridgehead atoms. The Hall–Kier alpha value is -1.77. The highest BCUT2D eigenvalue weighted by molar-refractivity contribution is 7.13. The minimum atomic E-state index is -0.106. The number of hydrogen-bond acceptors (Lipinski definition) is 7. The lowest BCUT2D eigenvalue weighted by Gasteiger charge is -2.33. The predicted octanol–water partition coefficient (Wildman–Crippen LogP) is 1.71. The van der Waals surface area contributed by atoms with Gasteiger partial charge in [-0.05, 0) is 12.1 Å². The van der Waals surface area contributed by atoms with Crippen molar-refractivity contribution in [2.45, 2.75) is 19.4 Å². The van der Waals surface area contributed by atoms with Crippen LogP contribution in [-0.4, -0.2) is 47.3 Å². The smallest absolute Gasteiger partial charge is 0.240 e. The molecule has 3 heterocycles. The monoisotopic (exact) mass is 322 g/mol. The van der Waals surface area contributed by atoms with Crippen molar-refractivity contribution >= 4 is 22.4 Å². The molecule has 1 fully saturated rings. The number of nitrogens with one attached hydrogen (secondary N) is 1. The zero-order chi connectivity index (χ0) is 15.4. The summed E-state index contributed by atoms with van der Waals surface area (Å²) in [7, 11) is 0. The van der Waals surface area contributed by atoms with E-state index in [0.29, 0.717) is 24.9 Å². The summed E-state index contributed by atoms with van der Waals surface area (Å²) in [6, 6.07) is 3.91. The Kier molecular flexibility index (Phi) is 4.81. The molecule has 1 amide bonds. The van der Waals surface area contributed by atoms with E-state index in [9.17, 15) is 4.79 Å². The van der Waals surface area contributed by atoms with Crippen molar-refractivity contribution in [1.82, 2.24) is 15.1 Å². The Morgan fingerprint density at radius 3 is 3.18 bits per heavy atom. The molecule has 2 aromatic heterocycles. The molecule has 1 saturated heterocycles. The second-order valence-electron chi connectivity index (χ2n) is 5.01. The molecule has 118 valence electrons. The Bertz CT molecular complexity index is 613. The van der Waals surface area contributed by atoms with E-state index in [4.69, 9.17) is 9.15 Å². The Morgan fingerprint density at radius 1 is 1.55 bits per heavy atom. The molecule has 0 unspecified atom stereocenters. The first-order valence-electron chi connectivity index (χ1n) is 7.22. The average Bonchev–Trinajstić information content (AvgIpc) is 3.19. The van der Waals surface area contributed by atoms with Gasteiger partial charge in [0.2, 0.25) is 11.0 Å². The molecular formula is C14H18N4O3S. The fourth-order valence-electron chi connectivity index (χ4n) is 2.42. The van der Waals surface area contributed by atoms with E-state index in [-0.39, 0.29) is 18.5 Å². The molecule has 0 spiro atoms. The molecule has 0 saturated carbocycles. The van der Waals surface area contributed by atoms with Gasteiger partial charge in [-0.3, -0.25) is 15.0 Å². The normalized spacial score (nSPS) is 19.2. The van der Waals surface area contributed by atoms with Gasteiger partial charge >= 0.3 is 0 Å². The van der Waals surface area contributed by atoms with Crippen LogP contribution in [0.2, 0.25) is 0 Å². The van der Waals surface area contributed by atoms with Gasteiger partial charge in [-0.15, -0.1) is 10.2 Å². The van der Waals surface area contributed by atoms with Gasteiger partial charge in [0.1, 0.15) is 17.0 Å². The number of aryl methyl sites for hydroxylation is 1. The number of carbonyl (C=O) groups is 1. The largest absolute Gasteiger partial charge is 0.464 e. The van der Waals surface area contributed by atoms with Crippen LogP contribution in [0.5, 0.6) is 0 Å². The first-order valence-corrected chi connectivity index (χ1v) is 8.10. The van der Waals surface area contributed by atoms with E-state index >= 15 is 0 Å². The SMILES string of the molecule is CCc1ccc([C@H]2COCCN2CC(=O)Nc2nncs2)o1. The molecule has 7 nitrogen and oxygen atoms in total. The van der Waals surface area contributed by atoms with Crippen LogP contribution < -0.4 is 5.32 Å². The van der Waals surface area contributed by atoms with Gasteiger partial charge < -0.3 is 9.15 Å². The maximum absolute atomic E-state index is 12.1. The molecule has 0 aliphatic carbocycles. The van der Waals surface area contributed by atoms with Crippen molar-refractivity contribution in [3.63, 3.8) is 0 Å². The van der Waals surface area contributed by atoms with E-state index in [0.717, 1.165) is 17.9 Å². The van der Waals surface area contributed by atoms with Gasteiger partial charge in [0.05, 0.1) is 25.8 Å². The fraction of sp³-hybridized carbons (Fsp3) is 0.500. The Balaban J connectivity index is 1.65. The summed E-state index contributed by atoms with van der Waals surface area (Å²) in [5, 5.41) is 10.8. The van der Waals surface area contributed by atoms with Gasteiger partial charge in [-0.2, -0.15) is 0 Å². The van der Waals surface area contributed by atoms with Crippen LogP contribution >= 0.6 is 11.3 Å². The van der Waals surface area contributed by atoms with Crippen molar-refractivity contribution in [3.8, 4) is 0 Å². The van der Waals surface area contributed by atoms with Crippen LogP contribution in [0, 0.1) is 0 Å². The zero-order valence-electron chi connectivity index (χ0n) is 12.3. The second kappa shape index (κ2) is 6.99. The van der Waals surface area contributed by atoms with E-state index in [1.165, 1.54) is 11.3 Å². The van der Waals surface area contributed by atoms with Crippen molar-refractivity contribution in [1.29, 1.82) is 0 Å².